The van der Waals surface area contributed by atoms with Gasteiger partial charge in [0.25, 0.3) is 0 Å². The van der Waals surface area contributed by atoms with Crippen LogP contribution in [-0.2, 0) is 0 Å². The summed E-state index contributed by atoms with van der Waals surface area (Å²) in [6.07, 6.45) is 1.78. The fraction of sp³-hybridized carbons (Fsp3) is 0.267. The van der Waals surface area contributed by atoms with Gasteiger partial charge in [0, 0.05) is 9.86 Å². The van der Waals surface area contributed by atoms with Crippen molar-refractivity contribution in [3.63, 3.8) is 0 Å². The fourth-order valence-electron chi connectivity index (χ4n) is 2.16. The molecule has 0 saturated heterocycles. The predicted octanol–water partition coefficient (Wildman–Crippen LogP) is 3.85. The number of nitrogens with two attached hydrogens (primary N) is 1. The van der Waals surface area contributed by atoms with E-state index >= 15 is 0 Å². The molecule has 0 fully saturated rings. The first-order valence-corrected chi connectivity index (χ1v) is 7.63. The third-order valence-electron chi connectivity index (χ3n) is 3.25. The van der Waals surface area contributed by atoms with Gasteiger partial charge in [0.2, 0.25) is 11.7 Å². The van der Waals surface area contributed by atoms with E-state index in [0.717, 1.165) is 28.2 Å². The number of benzene rings is 1. The van der Waals surface area contributed by atoms with Crippen LogP contribution in [0.4, 0.5) is 0 Å². The highest BCUT2D eigenvalue weighted by Gasteiger charge is 2.17. The van der Waals surface area contributed by atoms with E-state index in [1.165, 1.54) is 0 Å². The molecule has 0 bridgehead atoms. The summed E-state index contributed by atoms with van der Waals surface area (Å²) in [6.45, 7) is 2.07. The van der Waals surface area contributed by atoms with Crippen LogP contribution in [0.25, 0.3) is 22.4 Å². The quantitative estimate of drug-likeness (QED) is 0.776. The molecule has 108 valence electrons. The van der Waals surface area contributed by atoms with Crippen LogP contribution in [0, 0.1) is 0 Å². The predicted molar refractivity (Wildman–Crippen MR) is 84.6 cm³/mol. The Balaban J connectivity index is 2.02. The number of fused-ring (bicyclic) bond motifs is 1. The average molecular weight is 347 g/mol. The number of rotatable bonds is 4. The van der Waals surface area contributed by atoms with Gasteiger partial charge in [0.15, 0.2) is 0 Å². The van der Waals surface area contributed by atoms with E-state index in [4.69, 9.17) is 10.3 Å². The van der Waals surface area contributed by atoms with Gasteiger partial charge in [0.05, 0.1) is 11.6 Å². The van der Waals surface area contributed by atoms with Gasteiger partial charge in [-0.3, -0.25) is 0 Å². The zero-order valence-electron chi connectivity index (χ0n) is 11.6. The number of hydrogen-bond acceptors (Lipinski definition) is 5. The largest absolute Gasteiger partial charge is 0.337 e. The highest BCUT2D eigenvalue weighted by Crippen LogP contribution is 2.28. The summed E-state index contributed by atoms with van der Waals surface area (Å²) in [6, 6.07) is 9.67. The van der Waals surface area contributed by atoms with Crippen LogP contribution in [0.15, 0.2) is 39.3 Å². The Bertz CT molecular complexity index is 771. The van der Waals surface area contributed by atoms with E-state index in [-0.39, 0.29) is 6.04 Å². The number of aromatic nitrogens is 3. The van der Waals surface area contributed by atoms with E-state index in [9.17, 15) is 0 Å². The Hall–Kier alpha value is -1.79. The van der Waals surface area contributed by atoms with Crippen LogP contribution in [0.1, 0.15) is 31.7 Å². The Labute approximate surface area is 130 Å². The summed E-state index contributed by atoms with van der Waals surface area (Å²) in [4.78, 5) is 8.96. The van der Waals surface area contributed by atoms with Gasteiger partial charge in [-0.25, -0.2) is 4.98 Å². The first-order chi connectivity index (χ1) is 10.2. The van der Waals surface area contributed by atoms with Gasteiger partial charge in [-0.2, -0.15) is 4.98 Å². The fourth-order valence-corrected chi connectivity index (χ4v) is 2.68. The molecular formula is C15H15BrN4O. The molecule has 0 spiro atoms. The molecule has 0 aliphatic heterocycles. The molecule has 2 N–H and O–H groups in total. The maximum atomic E-state index is 6.00. The second kappa shape index (κ2) is 5.91. The zero-order chi connectivity index (χ0) is 14.8. The molecule has 0 aliphatic carbocycles. The lowest BCUT2D eigenvalue weighted by molar-refractivity contribution is 0.348. The van der Waals surface area contributed by atoms with Crippen LogP contribution >= 0.6 is 15.9 Å². The van der Waals surface area contributed by atoms with E-state index < -0.39 is 0 Å². The van der Waals surface area contributed by atoms with Gasteiger partial charge in [-0.05, 0) is 34.5 Å². The van der Waals surface area contributed by atoms with Crippen molar-refractivity contribution >= 4 is 26.8 Å². The van der Waals surface area contributed by atoms with E-state index in [1.54, 1.807) is 0 Å². The summed E-state index contributed by atoms with van der Waals surface area (Å²) >= 11 is 3.52. The van der Waals surface area contributed by atoms with Crippen molar-refractivity contribution in [2.45, 2.75) is 25.8 Å². The van der Waals surface area contributed by atoms with Crippen molar-refractivity contribution in [2.24, 2.45) is 5.73 Å². The summed E-state index contributed by atoms with van der Waals surface area (Å²) in [5.41, 5.74) is 7.55. The van der Waals surface area contributed by atoms with Crippen LogP contribution < -0.4 is 5.73 Å². The molecule has 0 aliphatic rings. The smallest absolute Gasteiger partial charge is 0.243 e. The van der Waals surface area contributed by atoms with Crippen molar-refractivity contribution in [2.75, 3.05) is 0 Å². The van der Waals surface area contributed by atoms with Crippen molar-refractivity contribution in [3.05, 3.63) is 40.7 Å². The molecule has 6 heteroatoms. The van der Waals surface area contributed by atoms with Gasteiger partial charge in [-0.1, -0.05) is 36.7 Å². The van der Waals surface area contributed by atoms with Crippen molar-refractivity contribution < 1.29 is 4.52 Å². The molecule has 21 heavy (non-hydrogen) atoms. The zero-order valence-corrected chi connectivity index (χ0v) is 13.2. The Kier molecular flexibility index (Phi) is 3.98. The monoisotopic (exact) mass is 346 g/mol. The molecule has 3 rings (SSSR count). The molecule has 1 unspecified atom stereocenters. The van der Waals surface area contributed by atoms with Crippen molar-refractivity contribution in [1.82, 2.24) is 15.1 Å². The van der Waals surface area contributed by atoms with Gasteiger partial charge >= 0.3 is 0 Å². The summed E-state index contributed by atoms with van der Waals surface area (Å²) < 4.78 is 6.08. The molecule has 2 aromatic heterocycles. The lowest BCUT2D eigenvalue weighted by Crippen LogP contribution is -2.09. The van der Waals surface area contributed by atoms with Gasteiger partial charge < -0.3 is 10.3 Å². The lowest BCUT2D eigenvalue weighted by Gasteiger charge is -2.03. The van der Waals surface area contributed by atoms with Crippen LogP contribution in [0.5, 0.6) is 0 Å². The topological polar surface area (TPSA) is 77.8 Å². The van der Waals surface area contributed by atoms with E-state index in [2.05, 4.69) is 38.0 Å². The molecule has 0 radical (unpaired) electrons. The molecule has 0 saturated carbocycles. The standard InChI is InChI=1S/C15H15BrN4O/c1-2-5-11(17)15-19-14(20-21-15)13-10(16)8-9-6-3-4-7-12(9)18-13/h3-4,6-8,11H,2,5,17H2,1H3. The lowest BCUT2D eigenvalue weighted by atomic mass is 10.2. The number of pyridine rings is 1. The number of nitrogens with zero attached hydrogens (tertiary/aromatic N) is 3. The number of para-hydroxylation sites is 1. The molecule has 3 aromatic rings. The summed E-state index contributed by atoms with van der Waals surface area (Å²) in [5.74, 6) is 0.905. The van der Waals surface area contributed by atoms with Crippen LogP contribution in [0.2, 0.25) is 0 Å². The minimum atomic E-state index is -0.226. The van der Waals surface area contributed by atoms with Gasteiger partial charge in [0.1, 0.15) is 5.69 Å². The highest BCUT2D eigenvalue weighted by atomic mass is 79.9. The third kappa shape index (κ3) is 2.82. The molecule has 5 nitrogen and oxygen atoms in total. The van der Waals surface area contributed by atoms with Crippen molar-refractivity contribution in [1.29, 1.82) is 0 Å². The Morgan fingerprint density at radius 2 is 2.10 bits per heavy atom. The second-order valence-electron chi connectivity index (χ2n) is 4.86. The van der Waals surface area contributed by atoms with Crippen molar-refractivity contribution in [3.8, 4) is 11.5 Å². The SMILES string of the molecule is CCCC(N)c1nc(-c2nc3ccccc3cc2Br)no1. The average Bonchev–Trinajstić information content (AvgIpc) is 2.96. The Morgan fingerprint density at radius 1 is 1.29 bits per heavy atom. The molecule has 1 aromatic carbocycles. The minimum Gasteiger partial charge on any atom is -0.337 e. The first kappa shape index (κ1) is 14.2. The summed E-state index contributed by atoms with van der Waals surface area (Å²) in [5, 5.41) is 5.05. The van der Waals surface area contributed by atoms with E-state index in [0.29, 0.717) is 17.4 Å². The van der Waals surface area contributed by atoms with Crippen LogP contribution in [-0.4, -0.2) is 15.1 Å². The number of halogens is 1. The minimum absolute atomic E-state index is 0.226. The van der Waals surface area contributed by atoms with Crippen LogP contribution in [0.3, 0.4) is 0 Å². The molecule has 2 heterocycles. The molecule has 1 atom stereocenters. The molecule has 0 amide bonds. The highest BCUT2D eigenvalue weighted by molar-refractivity contribution is 9.10. The maximum Gasteiger partial charge on any atom is 0.243 e. The van der Waals surface area contributed by atoms with E-state index in [1.807, 2.05) is 30.3 Å². The first-order valence-electron chi connectivity index (χ1n) is 6.84. The third-order valence-corrected chi connectivity index (χ3v) is 3.85. The normalized spacial score (nSPS) is 12.7. The second-order valence-corrected chi connectivity index (χ2v) is 5.72. The Morgan fingerprint density at radius 3 is 2.90 bits per heavy atom. The molecular weight excluding hydrogens is 332 g/mol. The maximum absolute atomic E-state index is 6.00. The number of hydrogen-bond donors (Lipinski definition) is 1. The van der Waals surface area contributed by atoms with Gasteiger partial charge in [-0.15, -0.1) is 0 Å². The summed E-state index contributed by atoms with van der Waals surface area (Å²) in [7, 11) is 0.